The van der Waals surface area contributed by atoms with Crippen LogP contribution in [0, 0.1) is 0 Å². The zero-order chi connectivity index (χ0) is 19.2. The molecule has 27 heavy (non-hydrogen) atoms. The van der Waals surface area contributed by atoms with E-state index in [0.717, 1.165) is 23.7 Å². The maximum absolute atomic E-state index is 12.4. The van der Waals surface area contributed by atoms with Crippen LogP contribution in [0.2, 0.25) is 0 Å². The fourth-order valence-corrected chi connectivity index (χ4v) is 4.19. The zero-order valence-corrected chi connectivity index (χ0v) is 17.8. The number of nitrogens with one attached hydrogen (secondary N) is 1. The van der Waals surface area contributed by atoms with Gasteiger partial charge in [-0.3, -0.25) is 4.79 Å². The lowest BCUT2D eigenvalue weighted by Gasteiger charge is -2.22. The largest absolute Gasteiger partial charge is 0.483 e. The quantitative estimate of drug-likeness (QED) is 0.627. The van der Waals surface area contributed by atoms with Crippen LogP contribution in [-0.2, 0) is 24.1 Å². The number of fused-ring (bicyclic) bond motifs is 1. The molecular weight excluding hydrogens is 402 g/mol. The number of hydrogen-bond acceptors (Lipinski definition) is 2. The molecule has 1 N–H and O–H groups in total. The van der Waals surface area contributed by atoms with Crippen molar-refractivity contribution < 1.29 is 9.53 Å². The van der Waals surface area contributed by atoms with Gasteiger partial charge in [-0.25, -0.2) is 0 Å². The average Bonchev–Trinajstić information content (AvgIpc) is 2.70. The minimum atomic E-state index is -0.0916. The Morgan fingerprint density at radius 3 is 2.59 bits per heavy atom. The van der Waals surface area contributed by atoms with E-state index in [1.807, 2.05) is 18.2 Å². The Balaban J connectivity index is 1.60. The molecule has 1 amide bonds. The van der Waals surface area contributed by atoms with E-state index >= 15 is 0 Å². The number of benzene rings is 2. The van der Waals surface area contributed by atoms with E-state index in [9.17, 15) is 4.79 Å². The van der Waals surface area contributed by atoms with Crippen LogP contribution >= 0.6 is 15.9 Å². The third-order valence-corrected chi connectivity index (χ3v) is 5.90. The van der Waals surface area contributed by atoms with Crippen LogP contribution in [0.25, 0.3) is 0 Å². The maximum atomic E-state index is 12.4. The monoisotopic (exact) mass is 429 g/mol. The first-order valence-electron chi connectivity index (χ1n) is 9.93. The smallest absolute Gasteiger partial charge is 0.258 e. The summed E-state index contributed by atoms with van der Waals surface area (Å²) in [5, 5.41) is 3.12. The van der Waals surface area contributed by atoms with E-state index in [-0.39, 0.29) is 18.6 Å². The first-order valence-corrected chi connectivity index (χ1v) is 10.7. The summed E-state index contributed by atoms with van der Waals surface area (Å²) < 4.78 is 6.60. The molecule has 3 rings (SSSR count). The molecule has 0 aromatic heterocycles. The van der Waals surface area contributed by atoms with E-state index in [2.05, 4.69) is 53.3 Å². The summed E-state index contributed by atoms with van der Waals surface area (Å²) in [4.78, 5) is 12.4. The van der Waals surface area contributed by atoms with Crippen molar-refractivity contribution in [2.45, 2.75) is 58.4 Å². The number of hydrogen-bond donors (Lipinski definition) is 1. The number of halogens is 1. The van der Waals surface area contributed by atoms with Gasteiger partial charge in [-0.05, 0) is 88.8 Å². The number of carbonyl (C=O) groups excluding carboxylic acids is 1. The van der Waals surface area contributed by atoms with Crippen molar-refractivity contribution in [3.05, 3.63) is 63.1 Å². The van der Waals surface area contributed by atoms with Crippen molar-refractivity contribution in [3.63, 3.8) is 0 Å². The molecule has 0 radical (unpaired) electrons. The molecule has 1 atom stereocenters. The lowest BCUT2D eigenvalue weighted by Crippen LogP contribution is -2.32. The van der Waals surface area contributed by atoms with Gasteiger partial charge in [0.1, 0.15) is 5.75 Å². The fourth-order valence-electron chi connectivity index (χ4n) is 3.65. The van der Waals surface area contributed by atoms with Crippen molar-refractivity contribution in [2.75, 3.05) is 6.61 Å². The highest BCUT2D eigenvalue weighted by Gasteiger charge is 2.16. The molecule has 1 aliphatic rings. The summed E-state index contributed by atoms with van der Waals surface area (Å²) in [5.41, 5.74) is 5.34. The Bertz CT molecular complexity index is 803. The van der Waals surface area contributed by atoms with E-state index < -0.39 is 0 Å². The third-order valence-electron chi connectivity index (χ3n) is 5.28. The highest BCUT2D eigenvalue weighted by Crippen LogP contribution is 2.27. The predicted molar refractivity (Wildman–Crippen MR) is 113 cm³/mol. The average molecular weight is 430 g/mol. The van der Waals surface area contributed by atoms with Crippen LogP contribution in [-0.4, -0.2) is 12.5 Å². The molecule has 0 heterocycles. The molecule has 3 nitrogen and oxygen atoms in total. The Morgan fingerprint density at radius 2 is 1.89 bits per heavy atom. The molecule has 0 saturated carbocycles. The molecule has 0 bridgehead atoms. The van der Waals surface area contributed by atoms with Gasteiger partial charge in [-0.1, -0.05) is 38.1 Å². The summed E-state index contributed by atoms with van der Waals surface area (Å²) in [6.45, 7) is 4.23. The molecule has 4 heteroatoms. The lowest BCUT2D eigenvalue weighted by molar-refractivity contribution is -0.123. The second-order valence-corrected chi connectivity index (χ2v) is 8.02. The molecule has 0 saturated heterocycles. The standard InChI is InChI=1S/C23H28BrNO2/c1-3-16-9-12-22(20(24)13-16)27-15-23(26)25-21(4-2)19-11-10-17-7-5-6-8-18(17)14-19/h9-14,21H,3-8,15H2,1-2H3,(H,25,26)/t21-/m1/s1. The van der Waals surface area contributed by atoms with Crippen molar-refractivity contribution >= 4 is 21.8 Å². The zero-order valence-electron chi connectivity index (χ0n) is 16.2. The van der Waals surface area contributed by atoms with Gasteiger partial charge in [-0.15, -0.1) is 0 Å². The number of aryl methyl sites for hydroxylation is 3. The highest BCUT2D eigenvalue weighted by atomic mass is 79.9. The summed E-state index contributed by atoms with van der Waals surface area (Å²) in [5.74, 6) is 0.607. The number of ether oxygens (including phenoxy) is 1. The molecule has 0 fully saturated rings. The topological polar surface area (TPSA) is 38.3 Å². The molecule has 0 aliphatic heterocycles. The van der Waals surface area contributed by atoms with Gasteiger partial charge in [-0.2, -0.15) is 0 Å². The SMILES string of the molecule is CCc1ccc(OCC(=O)N[C@H](CC)c2ccc3c(c2)CCCC3)c(Br)c1. The first kappa shape index (κ1) is 19.9. The summed E-state index contributed by atoms with van der Waals surface area (Å²) >= 11 is 3.52. The lowest BCUT2D eigenvalue weighted by atomic mass is 9.89. The number of amides is 1. The van der Waals surface area contributed by atoms with Crippen LogP contribution in [0.4, 0.5) is 0 Å². The van der Waals surface area contributed by atoms with Crippen LogP contribution in [0.5, 0.6) is 5.75 Å². The molecule has 2 aromatic rings. The third kappa shape index (κ3) is 5.13. The molecule has 1 aliphatic carbocycles. The summed E-state index contributed by atoms with van der Waals surface area (Å²) in [6.07, 6.45) is 6.71. The fraction of sp³-hybridized carbons (Fsp3) is 0.435. The van der Waals surface area contributed by atoms with Crippen LogP contribution < -0.4 is 10.1 Å². The van der Waals surface area contributed by atoms with Crippen LogP contribution in [0.3, 0.4) is 0 Å². The minimum absolute atomic E-state index is 0.0194. The van der Waals surface area contributed by atoms with E-state index in [0.29, 0.717) is 5.75 Å². The molecular formula is C23H28BrNO2. The molecule has 0 unspecified atom stereocenters. The van der Waals surface area contributed by atoms with Crippen LogP contribution in [0.1, 0.15) is 61.4 Å². The van der Waals surface area contributed by atoms with Crippen molar-refractivity contribution in [2.24, 2.45) is 0 Å². The molecule has 2 aromatic carbocycles. The van der Waals surface area contributed by atoms with Gasteiger partial charge >= 0.3 is 0 Å². The summed E-state index contributed by atoms with van der Waals surface area (Å²) in [7, 11) is 0. The minimum Gasteiger partial charge on any atom is -0.483 e. The van der Waals surface area contributed by atoms with Gasteiger partial charge in [0, 0.05) is 0 Å². The van der Waals surface area contributed by atoms with E-state index in [1.165, 1.54) is 41.5 Å². The summed E-state index contributed by atoms with van der Waals surface area (Å²) in [6, 6.07) is 12.7. The number of rotatable bonds is 7. The molecule has 144 valence electrons. The maximum Gasteiger partial charge on any atom is 0.258 e. The van der Waals surface area contributed by atoms with E-state index in [4.69, 9.17) is 4.74 Å². The Morgan fingerprint density at radius 1 is 1.11 bits per heavy atom. The Kier molecular flexibility index (Phi) is 6.95. The Hall–Kier alpha value is -1.81. The van der Waals surface area contributed by atoms with Crippen LogP contribution in [0.15, 0.2) is 40.9 Å². The van der Waals surface area contributed by atoms with Gasteiger partial charge in [0.2, 0.25) is 0 Å². The van der Waals surface area contributed by atoms with E-state index in [1.54, 1.807) is 0 Å². The highest BCUT2D eigenvalue weighted by molar-refractivity contribution is 9.10. The number of carbonyl (C=O) groups is 1. The van der Waals surface area contributed by atoms with Gasteiger partial charge in [0.05, 0.1) is 10.5 Å². The molecule has 0 spiro atoms. The normalized spacial score (nSPS) is 14.3. The van der Waals surface area contributed by atoms with Crippen molar-refractivity contribution in [3.8, 4) is 5.75 Å². The van der Waals surface area contributed by atoms with Gasteiger partial charge in [0.25, 0.3) is 5.91 Å². The first-order chi connectivity index (χ1) is 13.1. The van der Waals surface area contributed by atoms with Gasteiger partial charge < -0.3 is 10.1 Å². The Labute approximate surface area is 170 Å². The van der Waals surface area contributed by atoms with Gasteiger partial charge in [0.15, 0.2) is 6.61 Å². The second kappa shape index (κ2) is 9.41. The predicted octanol–water partition coefficient (Wildman–Crippen LogP) is 5.54. The van der Waals surface area contributed by atoms with Crippen molar-refractivity contribution in [1.82, 2.24) is 5.32 Å². The van der Waals surface area contributed by atoms with Crippen molar-refractivity contribution in [1.29, 1.82) is 0 Å². The second-order valence-electron chi connectivity index (χ2n) is 7.17.